The zero-order valence-corrected chi connectivity index (χ0v) is 10.7. The third kappa shape index (κ3) is 3.27. The average molecular weight is 259 g/mol. The van der Waals surface area contributed by atoms with E-state index in [0.29, 0.717) is 24.4 Å². The van der Waals surface area contributed by atoms with Crippen molar-refractivity contribution in [1.82, 2.24) is 4.90 Å². The van der Waals surface area contributed by atoms with Crippen LogP contribution in [0.5, 0.6) is 5.75 Å². The first-order valence-corrected chi connectivity index (χ1v) is 6.31. The van der Waals surface area contributed by atoms with E-state index in [1.165, 1.54) is 0 Å². The molecule has 1 aromatic carbocycles. The van der Waals surface area contributed by atoms with Gasteiger partial charge in [-0.2, -0.15) is 0 Å². The first-order valence-electron chi connectivity index (χ1n) is 6.31. The Morgan fingerprint density at radius 1 is 1.47 bits per heavy atom. The summed E-state index contributed by atoms with van der Waals surface area (Å²) in [6, 6.07) is 6.95. The van der Waals surface area contributed by atoms with Crippen LogP contribution < -0.4 is 4.74 Å². The van der Waals surface area contributed by atoms with E-state index in [4.69, 9.17) is 16.3 Å². The van der Waals surface area contributed by atoms with Crippen molar-refractivity contribution in [1.29, 1.82) is 0 Å². The summed E-state index contributed by atoms with van der Waals surface area (Å²) >= 11 is 0. The van der Waals surface area contributed by atoms with Crippen LogP contribution in [0.25, 0.3) is 0 Å². The van der Waals surface area contributed by atoms with Crippen molar-refractivity contribution in [3.05, 3.63) is 29.8 Å². The molecule has 1 aliphatic rings. The van der Waals surface area contributed by atoms with E-state index in [1.807, 2.05) is 0 Å². The number of carbonyl (C=O) groups is 1. The Balaban J connectivity index is 1.98. The van der Waals surface area contributed by atoms with Gasteiger partial charge in [0.05, 0.1) is 0 Å². The molecule has 1 heterocycles. The predicted octanol–water partition coefficient (Wildman–Crippen LogP) is 1.15. The van der Waals surface area contributed by atoms with Gasteiger partial charge in [-0.3, -0.25) is 4.79 Å². The number of aliphatic hydroxyl groups is 1. The molecule has 0 spiro atoms. The first kappa shape index (κ1) is 13.4. The molecule has 4 heteroatoms. The number of amides is 1. The van der Waals surface area contributed by atoms with Crippen LogP contribution in [0.1, 0.15) is 16.8 Å². The van der Waals surface area contributed by atoms with E-state index >= 15 is 0 Å². The van der Waals surface area contributed by atoms with E-state index in [9.17, 15) is 4.79 Å². The molecule has 2 rings (SSSR count). The van der Waals surface area contributed by atoms with Gasteiger partial charge in [-0.25, -0.2) is 0 Å². The molecule has 0 aromatic heterocycles. The van der Waals surface area contributed by atoms with E-state index in [1.54, 1.807) is 29.2 Å². The second kappa shape index (κ2) is 6.26. The number of nitrogens with zero attached hydrogens (tertiary/aromatic N) is 1. The number of hydrogen-bond acceptors (Lipinski definition) is 3. The summed E-state index contributed by atoms with van der Waals surface area (Å²) in [5.74, 6) is 3.26. The molecule has 1 aromatic rings. The van der Waals surface area contributed by atoms with Crippen molar-refractivity contribution >= 4 is 5.91 Å². The van der Waals surface area contributed by atoms with Gasteiger partial charge in [-0.05, 0) is 30.7 Å². The molecular weight excluding hydrogens is 242 g/mol. The molecule has 1 fully saturated rings. The molecule has 100 valence electrons. The highest BCUT2D eigenvalue weighted by Gasteiger charge is 2.26. The summed E-state index contributed by atoms with van der Waals surface area (Å²) in [6.45, 7) is 1.70. The van der Waals surface area contributed by atoms with Crippen LogP contribution in [0.15, 0.2) is 24.3 Å². The molecule has 0 bridgehead atoms. The minimum absolute atomic E-state index is 0.000509. The fourth-order valence-electron chi connectivity index (χ4n) is 2.17. The van der Waals surface area contributed by atoms with Crippen molar-refractivity contribution < 1.29 is 14.6 Å². The molecule has 1 N–H and O–H groups in total. The molecule has 0 radical (unpaired) electrons. The molecule has 1 amide bonds. The minimum Gasteiger partial charge on any atom is -0.481 e. The van der Waals surface area contributed by atoms with Gasteiger partial charge < -0.3 is 14.7 Å². The second-order valence-electron chi connectivity index (χ2n) is 4.61. The van der Waals surface area contributed by atoms with Gasteiger partial charge in [0.15, 0.2) is 0 Å². The van der Waals surface area contributed by atoms with E-state index in [-0.39, 0.29) is 25.0 Å². The van der Waals surface area contributed by atoms with Crippen molar-refractivity contribution in [2.75, 3.05) is 26.3 Å². The highest BCUT2D eigenvalue weighted by molar-refractivity contribution is 5.94. The van der Waals surface area contributed by atoms with Gasteiger partial charge >= 0.3 is 0 Å². The highest BCUT2D eigenvalue weighted by atomic mass is 16.5. The fraction of sp³-hybridized carbons (Fsp3) is 0.400. The second-order valence-corrected chi connectivity index (χ2v) is 4.61. The maximum atomic E-state index is 12.2. The highest BCUT2D eigenvalue weighted by Crippen LogP contribution is 2.19. The Morgan fingerprint density at radius 3 is 2.79 bits per heavy atom. The maximum absolute atomic E-state index is 12.2. The molecule has 4 nitrogen and oxygen atoms in total. The minimum atomic E-state index is -0.000509. The molecule has 1 saturated heterocycles. The third-order valence-corrected chi connectivity index (χ3v) is 3.25. The lowest BCUT2D eigenvalue weighted by Gasteiger charge is -2.16. The van der Waals surface area contributed by atoms with Gasteiger partial charge in [0.25, 0.3) is 5.91 Å². The van der Waals surface area contributed by atoms with Crippen LogP contribution in [0.3, 0.4) is 0 Å². The molecule has 1 aliphatic heterocycles. The zero-order valence-electron chi connectivity index (χ0n) is 10.7. The lowest BCUT2D eigenvalue weighted by atomic mass is 10.1. The molecule has 19 heavy (non-hydrogen) atoms. The van der Waals surface area contributed by atoms with E-state index in [2.05, 4.69) is 5.92 Å². The molecule has 0 saturated carbocycles. The number of ether oxygens (including phenoxy) is 1. The predicted molar refractivity (Wildman–Crippen MR) is 71.9 cm³/mol. The number of likely N-dealkylation sites (tertiary alicyclic amines) is 1. The van der Waals surface area contributed by atoms with Crippen molar-refractivity contribution in [3.63, 3.8) is 0 Å². The standard InChI is InChI=1S/C15H17NO3/c1-2-9-19-14-5-3-13(4-6-14)15(18)16-8-7-12(10-16)11-17/h1,3-6,12,17H,7-11H2. The number of aliphatic hydroxyl groups excluding tert-OH is 1. The van der Waals surface area contributed by atoms with Crippen LogP contribution in [-0.2, 0) is 0 Å². The Labute approximate surface area is 113 Å². The number of benzene rings is 1. The molecule has 0 aliphatic carbocycles. The quantitative estimate of drug-likeness (QED) is 0.825. The van der Waals surface area contributed by atoms with Gasteiger partial charge in [-0.15, -0.1) is 6.42 Å². The number of hydrogen-bond donors (Lipinski definition) is 1. The van der Waals surface area contributed by atoms with Crippen LogP contribution in [-0.4, -0.2) is 42.2 Å². The molecular formula is C15H17NO3. The van der Waals surface area contributed by atoms with Crippen molar-refractivity contribution in [3.8, 4) is 18.1 Å². The van der Waals surface area contributed by atoms with Gasteiger partial charge in [0.1, 0.15) is 12.4 Å². The van der Waals surface area contributed by atoms with E-state index < -0.39 is 0 Å². The van der Waals surface area contributed by atoms with Crippen molar-refractivity contribution in [2.24, 2.45) is 5.92 Å². The normalized spacial score (nSPS) is 18.1. The molecule has 1 unspecified atom stereocenters. The maximum Gasteiger partial charge on any atom is 0.253 e. The summed E-state index contributed by atoms with van der Waals surface area (Å²) in [7, 11) is 0. The Morgan fingerprint density at radius 2 is 2.21 bits per heavy atom. The summed E-state index contributed by atoms with van der Waals surface area (Å²) in [5.41, 5.74) is 0.631. The summed E-state index contributed by atoms with van der Waals surface area (Å²) in [6.07, 6.45) is 5.97. The number of terminal acetylenes is 1. The topological polar surface area (TPSA) is 49.8 Å². The summed E-state index contributed by atoms with van der Waals surface area (Å²) in [4.78, 5) is 14.0. The Hall–Kier alpha value is -1.99. The SMILES string of the molecule is C#CCOc1ccc(C(=O)N2CCC(CO)C2)cc1. The third-order valence-electron chi connectivity index (χ3n) is 3.25. The zero-order chi connectivity index (χ0) is 13.7. The first-order chi connectivity index (χ1) is 9.24. The smallest absolute Gasteiger partial charge is 0.253 e. The van der Waals surface area contributed by atoms with Crippen LogP contribution in [0.2, 0.25) is 0 Å². The van der Waals surface area contributed by atoms with E-state index in [0.717, 1.165) is 6.42 Å². The monoisotopic (exact) mass is 259 g/mol. The van der Waals surface area contributed by atoms with Gasteiger partial charge in [0.2, 0.25) is 0 Å². The van der Waals surface area contributed by atoms with Gasteiger partial charge in [-0.1, -0.05) is 5.92 Å². The summed E-state index contributed by atoms with van der Waals surface area (Å²) < 4.78 is 5.26. The fourth-order valence-corrected chi connectivity index (χ4v) is 2.17. The lowest BCUT2D eigenvalue weighted by molar-refractivity contribution is 0.0782. The molecule has 1 atom stereocenters. The van der Waals surface area contributed by atoms with Gasteiger partial charge in [0, 0.05) is 31.2 Å². The van der Waals surface area contributed by atoms with Crippen LogP contribution in [0, 0.1) is 18.3 Å². The number of carbonyl (C=O) groups excluding carboxylic acids is 1. The average Bonchev–Trinajstić information content (AvgIpc) is 2.94. The van der Waals surface area contributed by atoms with Crippen LogP contribution >= 0.6 is 0 Å². The Bertz CT molecular complexity index is 475. The van der Waals surface area contributed by atoms with Crippen LogP contribution in [0.4, 0.5) is 0 Å². The summed E-state index contributed by atoms with van der Waals surface area (Å²) in [5, 5.41) is 9.08. The Kier molecular flexibility index (Phi) is 4.43. The van der Waals surface area contributed by atoms with Crippen molar-refractivity contribution in [2.45, 2.75) is 6.42 Å². The lowest BCUT2D eigenvalue weighted by Crippen LogP contribution is -2.29. The largest absolute Gasteiger partial charge is 0.481 e. The number of rotatable bonds is 4.